The maximum absolute atomic E-state index is 13.2. The zero-order valence-electron chi connectivity index (χ0n) is 15.7. The van der Waals surface area contributed by atoms with Crippen LogP contribution >= 0.6 is 0 Å². The van der Waals surface area contributed by atoms with Gasteiger partial charge in [0, 0.05) is 19.9 Å². The monoisotopic (exact) mass is 375 g/mol. The van der Waals surface area contributed by atoms with Gasteiger partial charge in [0.25, 0.3) is 5.56 Å². The number of aromatic nitrogens is 3. The number of methoxy groups -OCH3 is 1. The SMILES string of the molecule is COCCn1c(C2CCCN2c2ncccc2C#N)nc2ccccc2c1=O. The molecule has 1 aromatic carbocycles. The van der Waals surface area contributed by atoms with Gasteiger partial charge in [-0.25, -0.2) is 9.97 Å². The van der Waals surface area contributed by atoms with Crippen LogP contribution in [0.4, 0.5) is 5.82 Å². The Hall–Kier alpha value is -3.24. The Bertz CT molecular complexity index is 1100. The number of anilines is 1. The summed E-state index contributed by atoms with van der Waals surface area (Å²) in [6, 6.07) is 13.0. The number of nitrogens with zero attached hydrogens (tertiary/aromatic N) is 5. The molecule has 0 spiro atoms. The van der Waals surface area contributed by atoms with Crippen molar-refractivity contribution in [1.82, 2.24) is 14.5 Å². The van der Waals surface area contributed by atoms with Gasteiger partial charge in [-0.1, -0.05) is 12.1 Å². The molecular weight excluding hydrogens is 354 g/mol. The third kappa shape index (κ3) is 3.12. The van der Waals surface area contributed by atoms with Crippen LogP contribution in [-0.4, -0.2) is 34.8 Å². The van der Waals surface area contributed by atoms with Crippen LogP contribution < -0.4 is 10.5 Å². The molecule has 7 nitrogen and oxygen atoms in total. The first-order chi connectivity index (χ1) is 13.7. The number of hydrogen-bond acceptors (Lipinski definition) is 6. The second-order valence-corrected chi connectivity index (χ2v) is 6.77. The Morgan fingerprint density at radius 3 is 2.96 bits per heavy atom. The number of rotatable bonds is 5. The van der Waals surface area contributed by atoms with Crippen molar-refractivity contribution >= 4 is 16.7 Å². The molecule has 1 aliphatic rings. The molecule has 3 heterocycles. The fraction of sp³-hybridized carbons (Fsp3) is 0.333. The molecule has 0 aliphatic carbocycles. The van der Waals surface area contributed by atoms with Gasteiger partial charge in [0.05, 0.1) is 35.7 Å². The van der Waals surface area contributed by atoms with Gasteiger partial charge in [-0.2, -0.15) is 5.26 Å². The number of nitriles is 1. The number of benzene rings is 1. The van der Waals surface area contributed by atoms with E-state index in [-0.39, 0.29) is 11.6 Å². The van der Waals surface area contributed by atoms with Crippen LogP contribution in [0.2, 0.25) is 0 Å². The summed E-state index contributed by atoms with van der Waals surface area (Å²) in [5.41, 5.74) is 1.15. The lowest BCUT2D eigenvalue weighted by Crippen LogP contribution is -2.33. The third-order valence-electron chi connectivity index (χ3n) is 5.14. The second-order valence-electron chi connectivity index (χ2n) is 6.77. The minimum atomic E-state index is -0.115. The first-order valence-corrected chi connectivity index (χ1v) is 9.34. The number of para-hydroxylation sites is 1. The fourth-order valence-electron chi connectivity index (χ4n) is 3.84. The molecule has 0 N–H and O–H groups in total. The largest absolute Gasteiger partial charge is 0.383 e. The van der Waals surface area contributed by atoms with Crippen molar-refractivity contribution in [2.75, 3.05) is 25.2 Å². The Balaban J connectivity index is 1.87. The molecule has 0 amide bonds. The lowest BCUT2D eigenvalue weighted by Gasteiger charge is -2.28. The van der Waals surface area contributed by atoms with E-state index in [2.05, 4.69) is 16.0 Å². The fourth-order valence-corrected chi connectivity index (χ4v) is 3.84. The average Bonchev–Trinajstić information content (AvgIpc) is 3.22. The van der Waals surface area contributed by atoms with Gasteiger partial charge in [0.2, 0.25) is 0 Å². The topological polar surface area (TPSA) is 84.0 Å². The molecule has 1 aliphatic heterocycles. The minimum Gasteiger partial charge on any atom is -0.383 e. The Morgan fingerprint density at radius 1 is 1.29 bits per heavy atom. The van der Waals surface area contributed by atoms with Crippen molar-refractivity contribution in [3.8, 4) is 6.07 Å². The molecule has 0 bridgehead atoms. The summed E-state index contributed by atoms with van der Waals surface area (Å²) in [5.74, 6) is 1.35. The summed E-state index contributed by atoms with van der Waals surface area (Å²) in [6.45, 7) is 1.62. The first-order valence-electron chi connectivity index (χ1n) is 9.34. The molecular formula is C21H21N5O2. The van der Waals surface area contributed by atoms with E-state index in [4.69, 9.17) is 9.72 Å². The van der Waals surface area contributed by atoms with E-state index < -0.39 is 0 Å². The van der Waals surface area contributed by atoms with Crippen molar-refractivity contribution < 1.29 is 4.74 Å². The highest BCUT2D eigenvalue weighted by Crippen LogP contribution is 2.35. The molecule has 142 valence electrons. The number of hydrogen-bond donors (Lipinski definition) is 0. The van der Waals surface area contributed by atoms with E-state index in [1.807, 2.05) is 18.2 Å². The molecule has 2 aromatic heterocycles. The van der Waals surface area contributed by atoms with Crippen LogP contribution in [0.25, 0.3) is 10.9 Å². The summed E-state index contributed by atoms with van der Waals surface area (Å²) in [5, 5.41) is 10.1. The summed E-state index contributed by atoms with van der Waals surface area (Å²) in [4.78, 5) is 24.6. The van der Waals surface area contributed by atoms with Crippen LogP contribution in [-0.2, 0) is 11.3 Å². The maximum atomic E-state index is 13.2. The molecule has 28 heavy (non-hydrogen) atoms. The standard InChI is InChI=1S/C21H21N5O2/c1-28-13-12-26-20(24-17-8-3-2-7-16(17)21(26)27)18-9-5-11-25(18)19-15(14-22)6-4-10-23-19/h2-4,6-8,10,18H,5,9,11-13H2,1H3. The van der Waals surface area contributed by atoms with Crippen LogP contribution in [0.5, 0.6) is 0 Å². The van der Waals surface area contributed by atoms with E-state index in [1.54, 1.807) is 36.1 Å². The van der Waals surface area contributed by atoms with Crippen molar-refractivity contribution in [3.63, 3.8) is 0 Å². The van der Waals surface area contributed by atoms with Gasteiger partial charge in [-0.15, -0.1) is 0 Å². The number of pyridine rings is 1. The van der Waals surface area contributed by atoms with Gasteiger partial charge < -0.3 is 9.64 Å². The van der Waals surface area contributed by atoms with E-state index in [0.29, 0.717) is 41.3 Å². The first kappa shape index (κ1) is 18.1. The van der Waals surface area contributed by atoms with Crippen LogP contribution in [0.1, 0.15) is 30.3 Å². The van der Waals surface area contributed by atoms with E-state index >= 15 is 0 Å². The Labute approximate surface area is 162 Å². The Kier molecular flexibility index (Phi) is 5.04. The van der Waals surface area contributed by atoms with Gasteiger partial charge in [0.15, 0.2) is 0 Å². The van der Waals surface area contributed by atoms with Crippen molar-refractivity contribution in [2.24, 2.45) is 0 Å². The van der Waals surface area contributed by atoms with Crippen molar-refractivity contribution in [2.45, 2.75) is 25.4 Å². The number of ether oxygens (including phenoxy) is 1. The molecule has 0 radical (unpaired) electrons. The third-order valence-corrected chi connectivity index (χ3v) is 5.14. The summed E-state index contributed by atoms with van der Waals surface area (Å²) < 4.78 is 6.93. The molecule has 7 heteroatoms. The predicted octanol–water partition coefficient (Wildman–Crippen LogP) is 2.65. The highest BCUT2D eigenvalue weighted by molar-refractivity contribution is 5.77. The van der Waals surface area contributed by atoms with Gasteiger partial charge in [-0.05, 0) is 37.1 Å². The predicted molar refractivity (Wildman–Crippen MR) is 106 cm³/mol. The quantitative estimate of drug-likeness (QED) is 0.682. The highest BCUT2D eigenvalue weighted by atomic mass is 16.5. The minimum absolute atomic E-state index is 0.0639. The molecule has 1 saturated heterocycles. The normalized spacial score (nSPS) is 16.4. The molecule has 1 atom stereocenters. The molecule has 0 saturated carbocycles. The second kappa shape index (κ2) is 7.79. The van der Waals surface area contributed by atoms with Crippen molar-refractivity contribution in [1.29, 1.82) is 5.26 Å². The molecule has 1 fully saturated rings. The van der Waals surface area contributed by atoms with Gasteiger partial charge >= 0.3 is 0 Å². The van der Waals surface area contributed by atoms with Gasteiger partial charge in [-0.3, -0.25) is 9.36 Å². The maximum Gasteiger partial charge on any atom is 0.261 e. The molecule has 1 unspecified atom stereocenters. The zero-order chi connectivity index (χ0) is 19.5. The summed E-state index contributed by atoms with van der Waals surface area (Å²) in [7, 11) is 1.62. The van der Waals surface area contributed by atoms with Crippen LogP contribution in [0.3, 0.4) is 0 Å². The summed E-state index contributed by atoms with van der Waals surface area (Å²) >= 11 is 0. The van der Waals surface area contributed by atoms with Crippen molar-refractivity contribution in [3.05, 3.63) is 64.3 Å². The molecule has 4 rings (SSSR count). The zero-order valence-corrected chi connectivity index (χ0v) is 15.7. The van der Waals surface area contributed by atoms with E-state index in [1.165, 1.54) is 0 Å². The number of fused-ring (bicyclic) bond motifs is 1. The Morgan fingerprint density at radius 2 is 2.14 bits per heavy atom. The van der Waals surface area contributed by atoms with E-state index in [9.17, 15) is 10.1 Å². The lowest BCUT2D eigenvalue weighted by molar-refractivity contribution is 0.184. The van der Waals surface area contributed by atoms with Crippen LogP contribution in [0.15, 0.2) is 47.4 Å². The smallest absolute Gasteiger partial charge is 0.261 e. The van der Waals surface area contributed by atoms with Crippen LogP contribution in [0, 0.1) is 11.3 Å². The molecule has 3 aromatic rings. The average molecular weight is 375 g/mol. The lowest BCUT2D eigenvalue weighted by atomic mass is 10.1. The van der Waals surface area contributed by atoms with Gasteiger partial charge in [0.1, 0.15) is 17.7 Å². The highest BCUT2D eigenvalue weighted by Gasteiger charge is 2.32. The van der Waals surface area contributed by atoms with E-state index in [0.717, 1.165) is 19.4 Å². The summed E-state index contributed by atoms with van der Waals surface area (Å²) in [6.07, 6.45) is 3.48.